The molecule has 2 rings (SSSR count). The minimum Gasteiger partial charge on any atom is -0.497 e. The second kappa shape index (κ2) is 7.97. The summed E-state index contributed by atoms with van der Waals surface area (Å²) >= 11 is 0. The van der Waals surface area contributed by atoms with Crippen LogP contribution in [0.1, 0.15) is 12.0 Å². The molecule has 0 spiro atoms. The molecule has 126 valence electrons. The Morgan fingerprint density at radius 2 is 1.78 bits per heavy atom. The summed E-state index contributed by atoms with van der Waals surface area (Å²) in [6, 6.07) is 7.29. The van der Waals surface area contributed by atoms with E-state index in [1.807, 2.05) is 19.2 Å². The minimum absolute atomic E-state index is 0.0467. The highest BCUT2D eigenvalue weighted by Gasteiger charge is 2.26. The summed E-state index contributed by atoms with van der Waals surface area (Å²) in [6.07, 6.45) is 0.393. The number of piperazine rings is 1. The summed E-state index contributed by atoms with van der Waals surface area (Å²) in [5.74, 6) is -0.966. The number of carbonyl (C=O) groups excluding carboxylic acids is 1. The van der Waals surface area contributed by atoms with E-state index in [-0.39, 0.29) is 12.3 Å². The number of amides is 1. The lowest BCUT2D eigenvalue weighted by Gasteiger charge is -2.33. The number of aliphatic carboxylic acids is 1. The smallest absolute Gasteiger partial charge is 0.307 e. The van der Waals surface area contributed by atoms with E-state index >= 15 is 0 Å². The maximum atomic E-state index is 12.3. The summed E-state index contributed by atoms with van der Waals surface area (Å²) < 4.78 is 5.09. The van der Waals surface area contributed by atoms with Gasteiger partial charge >= 0.3 is 5.97 Å². The Labute approximate surface area is 136 Å². The van der Waals surface area contributed by atoms with Crippen LogP contribution in [0.5, 0.6) is 5.75 Å². The largest absolute Gasteiger partial charge is 0.497 e. The third kappa shape index (κ3) is 4.96. The van der Waals surface area contributed by atoms with Gasteiger partial charge in [-0.2, -0.15) is 0 Å². The van der Waals surface area contributed by atoms with E-state index < -0.39 is 11.9 Å². The molecule has 23 heavy (non-hydrogen) atoms. The topological polar surface area (TPSA) is 70.1 Å². The fourth-order valence-electron chi connectivity index (χ4n) is 2.69. The van der Waals surface area contributed by atoms with Gasteiger partial charge in [0.15, 0.2) is 0 Å². The van der Waals surface area contributed by atoms with Crippen molar-refractivity contribution < 1.29 is 19.4 Å². The van der Waals surface area contributed by atoms with Gasteiger partial charge in [-0.25, -0.2) is 0 Å². The summed E-state index contributed by atoms with van der Waals surface area (Å²) in [6.45, 7) is 3.01. The summed E-state index contributed by atoms with van der Waals surface area (Å²) in [5, 5.41) is 9.42. The zero-order chi connectivity index (χ0) is 16.8. The van der Waals surface area contributed by atoms with E-state index in [0.29, 0.717) is 19.5 Å². The number of ether oxygens (including phenoxy) is 1. The van der Waals surface area contributed by atoms with Gasteiger partial charge in [0, 0.05) is 32.6 Å². The van der Waals surface area contributed by atoms with Crippen molar-refractivity contribution in [3.05, 3.63) is 29.8 Å². The van der Waals surface area contributed by atoms with Gasteiger partial charge in [0.25, 0.3) is 0 Å². The normalized spacial score (nSPS) is 16.9. The number of nitrogens with zero attached hydrogens (tertiary/aromatic N) is 2. The number of carbonyl (C=O) groups is 2. The Morgan fingerprint density at radius 3 is 2.30 bits per heavy atom. The van der Waals surface area contributed by atoms with Crippen LogP contribution >= 0.6 is 0 Å². The zero-order valence-corrected chi connectivity index (χ0v) is 13.7. The van der Waals surface area contributed by atoms with E-state index in [2.05, 4.69) is 4.90 Å². The van der Waals surface area contributed by atoms with Gasteiger partial charge in [0.2, 0.25) is 5.91 Å². The highest BCUT2D eigenvalue weighted by atomic mass is 16.5. The SMILES string of the molecule is COc1ccc(CC(CC(=O)N2CCN(C)CC2)C(=O)O)cc1. The van der Waals surface area contributed by atoms with Gasteiger partial charge < -0.3 is 19.6 Å². The van der Waals surface area contributed by atoms with E-state index in [9.17, 15) is 14.7 Å². The molecule has 0 aromatic heterocycles. The van der Waals surface area contributed by atoms with Crippen molar-refractivity contribution >= 4 is 11.9 Å². The Kier molecular flexibility index (Phi) is 5.98. The molecule has 1 amide bonds. The van der Waals surface area contributed by atoms with Gasteiger partial charge in [-0.3, -0.25) is 9.59 Å². The van der Waals surface area contributed by atoms with E-state index in [1.165, 1.54) is 0 Å². The van der Waals surface area contributed by atoms with Gasteiger partial charge in [-0.05, 0) is 31.2 Å². The fraction of sp³-hybridized carbons (Fsp3) is 0.529. The molecule has 0 radical (unpaired) electrons. The van der Waals surface area contributed by atoms with Crippen LogP contribution in [0.3, 0.4) is 0 Å². The van der Waals surface area contributed by atoms with Gasteiger partial charge in [-0.1, -0.05) is 12.1 Å². The number of methoxy groups -OCH3 is 1. The lowest BCUT2D eigenvalue weighted by atomic mass is 9.95. The average molecular weight is 320 g/mol. The molecule has 1 aromatic carbocycles. The first-order valence-electron chi connectivity index (χ1n) is 7.81. The van der Waals surface area contributed by atoms with Gasteiger partial charge in [0.1, 0.15) is 5.75 Å². The van der Waals surface area contributed by atoms with Crippen molar-refractivity contribution in [1.29, 1.82) is 0 Å². The summed E-state index contributed by atoms with van der Waals surface area (Å²) in [5.41, 5.74) is 0.893. The molecule has 0 aliphatic carbocycles. The molecule has 6 heteroatoms. The third-order valence-corrected chi connectivity index (χ3v) is 4.27. The van der Waals surface area contributed by atoms with Crippen LogP contribution in [-0.4, -0.2) is 67.1 Å². The molecular formula is C17H24N2O4. The maximum absolute atomic E-state index is 12.3. The predicted octanol–water partition coefficient (Wildman–Crippen LogP) is 1.10. The lowest BCUT2D eigenvalue weighted by Crippen LogP contribution is -2.47. The maximum Gasteiger partial charge on any atom is 0.307 e. The number of carboxylic acid groups (broad SMARTS) is 1. The van der Waals surface area contributed by atoms with E-state index in [4.69, 9.17) is 4.74 Å². The lowest BCUT2D eigenvalue weighted by molar-refractivity contribution is -0.146. The summed E-state index contributed by atoms with van der Waals surface area (Å²) in [4.78, 5) is 27.8. The molecule has 0 bridgehead atoms. The molecule has 1 atom stereocenters. The number of likely N-dealkylation sites (N-methyl/N-ethyl adjacent to an activating group) is 1. The van der Waals surface area contributed by atoms with Crippen molar-refractivity contribution in [1.82, 2.24) is 9.80 Å². The molecule has 1 saturated heterocycles. The second-order valence-corrected chi connectivity index (χ2v) is 5.98. The molecule has 6 nitrogen and oxygen atoms in total. The van der Waals surface area contributed by atoms with Crippen LogP contribution in [0.25, 0.3) is 0 Å². The minimum atomic E-state index is -0.928. The number of rotatable bonds is 6. The first-order valence-corrected chi connectivity index (χ1v) is 7.81. The molecule has 1 aliphatic heterocycles. The van der Waals surface area contributed by atoms with Crippen LogP contribution in [0.15, 0.2) is 24.3 Å². The monoisotopic (exact) mass is 320 g/mol. The average Bonchev–Trinajstić information content (AvgIpc) is 2.55. The zero-order valence-electron chi connectivity index (χ0n) is 13.7. The first kappa shape index (κ1) is 17.3. The predicted molar refractivity (Wildman–Crippen MR) is 86.5 cm³/mol. The third-order valence-electron chi connectivity index (χ3n) is 4.27. The molecule has 1 heterocycles. The Morgan fingerprint density at radius 1 is 1.17 bits per heavy atom. The number of hydrogen-bond donors (Lipinski definition) is 1. The Hall–Kier alpha value is -2.08. The second-order valence-electron chi connectivity index (χ2n) is 5.98. The van der Waals surface area contributed by atoms with Crippen molar-refractivity contribution in [2.45, 2.75) is 12.8 Å². The van der Waals surface area contributed by atoms with Gasteiger partial charge in [0.05, 0.1) is 13.0 Å². The molecule has 1 unspecified atom stereocenters. The number of hydrogen-bond acceptors (Lipinski definition) is 4. The first-order chi connectivity index (χ1) is 11.0. The quantitative estimate of drug-likeness (QED) is 0.850. The van der Waals surface area contributed by atoms with Crippen LogP contribution in [0.2, 0.25) is 0 Å². The van der Waals surface area contributed by atoms with Crippen LogP contribution in [-0.2, 0) is 16.0 Å². The summed E-state index contributed by atoms with van der Waals surface area (Å²) in [7, 11) is 3.61. The van der Waals surface area contributed by atoms with Crippen molar-refractivity contribution in [3.63, 3.8) is 0 Å². The van der Waals surface area contributed by atoms with E-state index in [1.54, 1.807) is 24.1 Å². The van der Waals surface area contributed by atoms with Crippen molar-refractivity contribution in [3.8, 4) is 5.75 Å². The van der Waals surface area contributed by atoms with Gasteiger partial charge in [-0.15, -0.1) is 0 Å². The Bertz CT molecular complexity index is 536. The molecule has 1 N–H and O–H groups in total. The van der Waals surface area contributed by atoms with Crippen LogP contribution in [0.4, 0.5) is 0 Å². The highest BCUT2D eigenvalue weighted by molar-refractivity contribution is 5.82. The number of carboxylic acids is 1. The van der Waals surface area contributed by atoms with Crippen molar-refractivity contribution in [2.75, 3.05) is 40.3 Å². The standard InChI is InChI=1S/C17H24N2O4/c1-18-7-9-19(10-8-18)16(20)12-14(17(21)22)11-13-3-5-15(23-2)6-4-13/h3-6,14H,7-12H2,1-2H3,(H,21,22). The molecule has 0 saturated carbocycles. The van der Waals surface area contributed by atoms with Crippen LogP contribution < -0.4 is 4.74 Å². The van der Waals surface area contributed by atoms with E-state index in [0.717, 1.165) is 24.4 Å². The molecule has 1 aliphatic rings. The van der Waals surface area contributed by atoms with Crippen LogP contribution in [0, 0.1) is 5.92 Å². The molecule has 1 aromatic rings. The number of benzene rings is 1. The fourth-order valence-corrected chi connectivity index (χ4v) is 2.69. The molecule has 1 fully saturated rings. The van der Waals surface area contributed by atoms with Crippen molar-refractivity contribution in [2.24, 2.45) is 5.92 Å². The Balaban J connectivity index is 1.95. The highest BCUT2D eigenvalue weighted by Crippen LogP contribution is 2.18. The molecular weight excluding hydrogens is 296 g/mol.